The first-order valence-electron chi connectivity index (χ1n) is 10.7. The molecular formula is C25H27N3O2. The SMILES string of the molecule is CCC1CC2(CCN1C(N)=O)Cc1cc(-c3ccc4cccnc4c3C)ccc1O2. The molecule has 0 radical (unpaired) electrons. The van der Waals surface area contributed by atoms with Gasteiger partial charge < -0.3 is 15.4 Å². The summed E-state index contributed by atoms with van der Waals surface area (Å²) in [6, 6.07) is 14.7. The molecule has 0 saturated carbocycles. The molecule has 2 unspecified atom stereocenters. The number of primary amides is 1. The molecule has 154 valence electrons. The maximum Gasteiger partial charge on any atom is 0.315 e. The summed E-state index contributed by atoms with van der Waals surface area (Å²) in [6.07, 6.45) is 5.26. The molecule has 3 heterocycles. The zero-order valence-electron chi connectivity index (χ0n) is 17.5. The first-order chi connectivity index (χ1) is 14.5. The first kappa shape index (κ1) is 18.9. The van der Waals surface area contributed by atoms with E-state index in [4.69, 9.17) is 10.5 Å². The Balaban J connectivity index is 1.46. The number of nitrogens with zero attached hydrogens (tertiary/aromatic N) is 2. The predicted molar refractivity (Wildman–Crippen MR) is 119 cm³/mol. The van der Waals surface area contributed by atoms with Gasteiger partial charge in [-0.15, -0.1) is 0 Å². The van der Waals surface area contributed by atoms with Crippen LogP contribution in [0.5, 0.6) is 5.75 Å². The van der Waals surface area contributed by atoms with Crippen molar-refractivity contribution in [1.82, 2.24) is 9.88 Å². The molecule has 2 aliphatic rings. The van der Waals surface area contributed by atoms with Crippen LogP contribution in [0.1, 0.15) is 37.3 Å². The van der Waals surface area contributed by atoms with Crippen molar-refractivity contribution in [2.75, 3.05) is 6.54 Å². The molecule has 30 heavy (non-hydrogen) atoms. The number of fused-ring (bicyclic) bond motifs is 2. The lowest BCUT2D eigenvalue weighted by molar-refractivity contribution is 0.00285. The van der Waals surface area contributed by atoms with Crippen molar-refractivity contribution in [3.8, 4) is 16.9 Å². The minimum absolute atomic E-state index is 0.138. The second kappa shape index (κ2) is 7.01. The zero-order valence-corrected chi connectivity index (χ0v) is 17.5. The van der Waals surface area contributed by atoms with Gasteiger partial charge in [-0.25, -0.2) is 4.79 Å². The highest BCUT2D eigenvalue weighted by Gasteiger charge is 2.46. The number of amides is 2. The summed E-state index contributed by atoms with van der Waals surface area (Å²) >= 11 is 0. The molecule has 0 aliphatic carbocycles. The quantitative estimate of drug-likeness (QED) is 0.668. The van der Waals surface area contributed by atoms with Gasteiger partial charge in [0.15, 0.2) is 0 Å². The second-order valence-corrected chi connectivity index (χ2v) is 8.65. The van der Waals surface area contributed by atoms with Gasteiger partial charge in [-0.05, 0) is 53.8 Å². The molecule has 5 heteroatoms. The van der Waals surface area contributed by atoms with Crippen molar-refractivity contribution >= 4 is 16.9 Å². The van der Waals surface area contributed by atoms with E-state index in [0.29, 0.717) is 6.54 Å². The number of ether oxygens (including phenoxy) is 1. The van der Waals surface area contributed by atoms with Crippen molar-refractivity contribution in [1.29, 1.82) is 0 Å². The van der Waals surface area contributed by atoms with Gasteiger partial charge in [0.25, 0.3) is 0 Å². The minimum atomic E-state index is -0.324. The van der Waals surface area contributed by atoms with Crippen molar-refractivity contribution in [3.05, 3.63) is 59.8 Å². The van der Waals surface area contributed by atoms with Gasteiger partial charge in [-0.2, -0.15) is 0 Å². The average Bonchev–Trinajstić information content (AvgIpc) is 3.10. The van der Waals surface area contributed by atoms with Crippen LogP contribution in [-0.4, -0.2) is 34.1 Å². The van der Waals surface area contributed by atoms with Crippen molar-refractivity contribution < 1.29 is 9.53 Å². The van der Waals surface area contributed by atoms with E-state index in [2.05, 4.69) is 55.2 Å². The van der Waals surface area contributed by atoms with E-state index >= 15 is 0 Å². The highest BCUT2D eigenvalue weighted by Crippen LogP contribution is 2.44. The number of aryl methyl sites for hydroxylation is 1. The highest BCUT2D eigenvalue weighted by molar-refractivity contribution is 5.88. The van der Waals surface area contributed by atoms with Crippen LogP contribution < -0.4 is 10.5 Å². The third kappa shape index (κ3) is 3.00. The van der Waals surface area contributed by atoms with Crippen LogP contribution in [-0.2, 0) is 6.42 Å². The zero-order chi connectivity index (χ0) is 20.9. The molecular weight excluding hydrogens is 374 g/mol. The Kier molecular flexibility index (Phi) is 4.42. The Morgan fingerprint density at radius 3 is 2.97 bits per heavy atom. The lowest BCUT2D eigenvalue weighted by Crippen LogP contribution is -2.55. The average molecular weight is 402 g/mol. The fourth-order valence-corrected chi connectivity index (χ4v) is 5.26. The number of benzene rings is 2. The van der Waals surface area contributed by atoms with Crippen molar-refractivity contribution in [2.45, 2.75) is 51.2 Å². The highest BCUT2D eigenvalue weighted by atomic mass is 16.5. The summed E-state index contributed by atoms with van der Waals surface area (Å²) in [7, 11) is 0. The van der Waals surface area contributed by atoms with Crippen LogP contribution in [0.2, 0.25) is 0 Å². The lowest BCUT2D eigenvalue weighted by Gasteiger charge is -2.43. The number of nitrogens with two attached hydrogens (primary N) is 1. The van der Waals surface area contributed by atoms with E-state index < -0.39 is 0 Å². The molecule has 1 aromatic heterocycles. The third-order valence-corrected chi connectivity index (χ3v) is 6.85. The maximum atomic E-state index is 11.8. The Bertz CT molecular complexity index is 1140. The Morgan fingerprint density at radius 1 is 1.30 bits per heavy atom. The molecule has 3 aromatic rings. The standard InChI is InChI=1S/C25H27N3O2/c1-3-20-15-25(10-12-28(20)24(26)29)14-19-13-18(7-9-22(19)30-25)21-8-6-17-5-4-11-27-23(17)16(21)2/h4-9,11,13,20H,3,10,12,14-15H2,1-2H3,(H2,26,29). The second-order valence-electron chi connectivity index (χ2n) is 8.65. The van der Waals surface area contributed by atoms with Crippen LogP contribution >= 0.6 is 0 Å². The number of hydrogen-bond acceptors (Lipinski definition) is 3. The van der Waals surface area contributed by atoms with Crippen LogP contribution in [0, 0.1) is 6.92 Å². The third-order valence-electron chi connectivity index (χ3n) is 6.85. The molecule has 2 atom stereocenters. The summed E-state index contributed by atoms with van der Waals surface area (Å²) in [5.41, 5.74) is 11.2. The Labute approximate surface area is 176 Å². The van der Waals surface area contributed by atoms with Gasteiger partial charge in [0.2, 0.25) is 0 Å². The number of pyridine rings is 1. The number of rotatable bonds is 2. The minimum Gasteiger partial charge on any atom is -0.486 e. The van der Waals surface area contributed by atoms with E-state index in [9.17, 15) is 4.79 Å². The molecule has 2 aromatic carbocycles. The van der Waals surface area contributed by atoms with Crippen molar-refractivity contribution in [2.24, 2.45) is 5.73 Å². The van der Waals surface area contributed by atoms with Crippen molar-refractivity contribution in [3.63, 3.8) is 0 Å². The summed E-state index contributed by atoms with van der Waals surface area (Å²) < 4.78 is 6.50. The van der Waals surface area contributed by atoms with Gasteiger partial charge in [0.05, 0.1) is 5.52 Å². The molecule has 2 N–H and O–H groups in total. The molecule has 2 aliphatic heterocycles. The Hall–Kier alpha value is -3.08. The number of piperidine rings is 1. The van der Waals surface area contributed by atoms with E-state index in [0.717, 1.165) is 42.3 Å². The molecule has 5 rings (SSSR count). The van der Waals surface area contributed by atoms with Gasteiger partial charge in [-0.3, -0.25) is 4.98 Å². The molecule has 0 bridgehead atoms. The fraction of sp³-hybridized carbons (Fsp3) is 0.360. The molecule has 1 fully saturated rings. The van der Waals surface area contributed by atoms with Gasteiger partial charge >= 0.3 is 6.03 Å². The van der Waals surface area contributed by atoms with Crippen LogP contribution in [0.15, 0.2) is 48.7 Å². The van der Waals surface area contributed by atoms with Crippen LogP contribution in [0.3, 0.4) is 0 Å². The molecule has 1 saturated heterocycles. The summed E-state index contributed by atoms with van der Waals surface area (Å²) in [5.74, 6) is 0.970. The molecule has 2 amide bonds. The summed E-state index contributed by atoms with van der Waals surface area (Å²) in [4.78, 5) is 18.2. The number of likely N-dealkylation sites (tertiary alicyclic amines) is 1. The van der Waals surface area contributed by atoms with Crippen LogP contribution in [0.4, 0.5) is 4.79 Å². The lowest BCUT2D eigenvalue weighted by atomic mass is 9.82. The summed E-state index contributed by atoms with van der Waals surface area (Å²) in [6.45, 7) is 4.90. The predicted octanol–water partition coefficient (Wildman–Crippen LogP) is 4.84. The smallest absolute Gasteiger partial charge is 0.315 e. The molecule has 5 nitrogen and oxygen atoms in total. The number of urea groups is 1. The van der Waals surface area contributed by atoms with Gasteiger partial charge in [0.1, 0.15) is 11.4 Å². The normalized spacial score (nSPS) is 22.9. The van der Waals surface area contributed by atoms with Gasteiger partial charge in [-0.1, -0.05) is 31.2 Å². The number of carbonyl (C=O) groups is 1. The number of aromatic nitrogens is 1. The van der Waals surface area contributed by atoms with E-state index in [1.165, 1.54) is 22.3 Å². The van der Waals surface area contributed by atoms with E-state index in [1.807, 2.05) is 12.3 Å². The monoisotopic (exact) mass is 401 g/mol. The van der Waals surface area contributed by atoms with E-state index in [1.54, 1.807) is 4.90 Å². The van der Waals surface area contributed by atoms with Crippen LogP contribution in [0.25, 0.3) is 22.0 Å². The topological polar surface area (TPSA) is 68.5 Å². The Morgan fingerprint density at radius 2 is 2.17 bits per heavy atom. The van der Waals surface area contributed by atoms with E-state index in [-0.39, 0.29) is 17.7 Å². The largest absolute Gasteiger partial charge is 0.486 e. The number of carbonyl (C=O) groups excluding carboxylic acids is 1. The number of hydrogen-bond donors (Lipinski definition) is 1. The summed E-state index contributed by atoms with van der Waals surface area (Å²) in [5, 5.41) is 1.16. The maximum absolute atomic E-state index is 11.8. The molecule has 1 spiro atoms. The van der Waals surface area contributed by atoms with Gasteiger partial charge in [0, 0.05) is 43.4 Å². The fourth-order valence-electron chi connectivity index (χ4n) is 5.26. The first-order valence-corrected chi connectivity index (χ1v) is 10.7.